The van der Waals surface area contributed by atoms with Gasteiger partial charge in [-0.15, -0.1) is 0 Å². The van der Waals surface area contributed by atoms with Crippen LogP contribution < -0.4 is 4.72 Å². The maximum atomic E-state index is 11.9. The molecule has 7 nitrogen and oxygen atoms in total. The van der Waals surface area contributed by atoms with Gasteiger partial charge in [0.15, 0.2) is 6.10 Å². The maximum Gasteiger partial charge on any atom is 0.336 e. The van der Waals surface area contributed by atoms with Gasteiger partial charge in [-0.1, -0.05) is 6.92 Å². The first-order valence-electron chi connectivity index (χ1n) is 5.87. The van der Waals surface area contributed by atoms with Crippen LogP contribution >= 0.6 is 0 Å². The second-order valence-electron chi connectivity index (χ2n) is 4.47. The van der Waals surface area contributed by atoms with Crippen LogP contribution in [0.1, 0.15) is 19.8 Å². The normalized spacial score (nSPS) is 20.6. The van der Waals surface area contributed by atoms with Crippen LogP contribution in [0.4, 0.5) is 0 Å². The number of carbonyl (C=O) groups excluding carboxylic acids is 1. The Kier molecular flexibility index (Phi) is 5.51. The van der Waals surface area contributed by atoms with E-state index in [2.05, 4.69) is 16.4 Å². The lowest BCUT2D eigenvalue weighted by molar-refractivity contribution is -0.149. The van der Waals surface area contributed by atoms with Crippen LogP contribution in [0.3, 0.4) is 0 Å². The second kappa shape index (κ2) is 6.46. The van der Waals surface area contributed by atoms with E-state index in [9.17, 15) is 18.3 Å². The smallest absolute Gasteiger partial charge is 0.336 e. The molecule has 0 aliphatic carbocycles. The largest absolute Gasteiger partial charge is 0.467 e. The summed E-state index contributed by atoms with van der Waals surface area (Å²) in [5, 5.41) is 9.30. The lowest BCUT2D eigenvalue weighted by Gasteiger charge is -2.29. The molecule has 2 N–H and O–H groups in total. The number of hydrogen-bond acceptors (Lipinski definition) is 5. The number of rotatable bonds is 5. The Morgan fingerprint density at radius 2 is 2.06 bits per heavy atom. The van der Waals surface area contributed by atoms with Crippen molar-refractivity contribution in [1.29, 1.82) is 0 Å². The summed E-state index contributed by atoms with van der Waals surface area (Å²) in [6, 6.07) is 0. The minimum Gasteiger partial charge on any atom is -0.467 e. The van der Waals surface area contributed by atoms with Gasteiger partial charge in [-0.2, -0.15) is 17.4 Å². The van der Waals surface area contributed by atoms with Gasteiger partial charge in [0.25, 0.3) is 10.2 Å². The highest BCUT2D eigenvalue weighted by Crippen LogP contribution is 2.17. The number of aliphatic hydroxyl groups is 1. The third-order valence-corrected chi connectivity index (χ3v) is 4.59. The zero-order valence-electron chi connectivity index (χ0n) is 10.6. The summed E-state index contributed by atoms with van der Waals surface area (Å²) in [5.74, 6) is -0.331. The van der Waals surface area contributed by atoms with Gasteiger partial charge >= 0.3 is 5.97 Å². The molecule has 0 amide bonds. The van der Waals surface area contributed by atoms with Gasteiger partial charge in [-0.3, -0.25) is 0 Å². The van der Waals surface area contributed by atoms with Crippen LogP contribution in [0.15, 0.2) is 0 Å². The Morgan fingerprint density at radius 1 is 1.50 bits per heavy atom. The number of carbonyl (C=O) groups is 1. The highest BCUT2D eigenvalue weighted by Gasteiger charge is 2.27. The van der Waals surface area contributed by atoms with Gasteiger partial charge in [0.1, 0.15) is 0 Å². The van der Waals surface area contributed by atoms with E-state index in [0.29, 0.717) is 19.0 Å². The number of piperidine rings is 1. The van der Waals surface area contributed by atoms with Gasteiger partial charge in [0, 0.05) is 19.6 Å². The Labute approximate surface area is 107 Å². The van der Waals surface area contributed by atoms with E-state index >= 15 is 0 Å². The second-order valence-corrected chi connectivity index (χ2v) is 6.23. The molecule has 0 spiro atoms. The molecule has 0 aromatic carbocycles. The van der Waals surface area contributed by atoms with E-state index in [-0.39, 0.29) is 6.54 Å². The van der Waals surface area contributed by atoms with Crippen molar-refractivity contribution in [3.63, 3.8) is 0 Å². The number of methoxy groups -OCH3 is 1. The molecule has 0 aromatic rings. The monoisotopic (exact) mass is 280 g/mol. The van der Waals surface area contributed by atoms with Crippen molar-refractivity contribution in [2.75, 3.05) is 26.7 Å². The molecule has 1 aliphatic rings. The summed E-state index contributed by atoms with van der Waals surface area (Å²) in [7, 11) is -2.50. The summed E-state index contributed by atoms with van der Waals surface area (Å²) >= 11 is 0. The van der Waals surface area contributed by atoms with Crippen LogP contribution in [-0.2, 0) is 19.7 Å². The van der Waals surface area contributed by atoms with Crippen LogP contribution in [-0.4, -0.2) is 56.6 Å². The molecular formula is C10H20N2O5S. The van der Waals surface area contributed by atoms with Gasteiger partial charge in [-0.25, -0.2) is 4.79 Å². The van der Waals surface area contributed by atoms with Crippen molar-refractivity contribution in [2.45, 2.75) is 25.9 Å². The number of hydrogen-bond donors (Lipinski definition) is 2. The van der Waals surface area contributed by atoms with Crippen molar-refractivity contribution in [1.82, 2.24) is 9.03 Å². The maximum absolute atomic E-state index is 11.9. The first-order valence-corrected chi connectivity index (χ1v) is 7.31. The Morgan fingerprint density at radius 3 is 2.56 bits per heavy atom. The predicted molar refractivity (Wildman–Crippen MR) is 64.9 cm³/mol. The highest BCUT2D eigenvalue weighted by atomic mass is 32.2. The minimum atomic E-state index is -3.63. The van der Waals surface area contributed by atoms with Crippen LogP contribution in [0.25, 0.3) is 0 Å². The number of ether oxygens (including phenoxy) is 1. The SMILES string of the molecule is COC(=O)C(O)CNS(=O)(=O)N1CCC(C)CC1. The Bertz CT molecular complexity index is 376. The summed E-state index contributed by atoms with van der Waals surface area (Å²) in [6.45, 7) is 2.63. The molecule has 1 saturated heterocycles. The van der Waals surface area contributed by atoms with Crippen LogP contribution in [0.5, 0.6) is 0 Å². The topological polar surface area (TPSA) is 95.9 Å². The quantitative estimate of drug-likeness (QED) is 0.635. The first-order chi connectivity index (χ1) is 8.36. The number of aliphatic hydroxyl groups excluding tert-OH is 1. The molecular weight excluding hydrogens is 260 g/mol. The van der Waals surface area contributed by atoms with E-state index in [0.717, 1.165) is 20.0 Å². The van der Waals surface area contributed by atoms with Crippen molar-refractivity contribution < 1.29 is 23.1 Å². The summed E-state index contributed by atoms with van der Waals surface area (Å²) in [6.07, 6.45) is 0.162. The fourth-order valence-corrected chi connectivity index (χ4v) is 2.96. The molecule has 1 fully saturated rings. The molecule has 1 rings (SSSR count). The molecule has 1 aliphatic heterocycles. The minimum absolute atomic E-state index is 0.374. The van der Waals surface area contributed by atoms with E-state index in [1.54, 1.807) is 0 Å². The molecule has 18 heavy (non-hydrogen) atoms. The Hall–Kier alpha value is -0.700. The molecule has 0 aromatic heterocycles. The van der Waals surface area contributed by atoms with Crippen molar-refractivity contribution in [3.05, 3.63) is 0 Å². The number of esters is 1. The van der Waals surface area contributed by atoms with Gasteiger partial charge < -0.3 is 9.84 Å². The standard InChI is InChI=1S/C10H20N2O5S/c1-8-3-5-12(6-4-8)18(15,16)11-7-9(13)10(14)17-2/h8-9,11,13H,3-7H2,1-2H3. The third-order valence-electron chi connectivity index (χ3n) is 3.01. The fraction of sp³-hybridized carbons (Fsp3) is 0.900. The van der Waals surface area contributed by atoms with Crippen molar-refractivity contribution >= 4 is 16.2 Å². The van der Waals surface area contributed by atoms with Crippen molar-refractivity contribution in [2.24, 2.45) is 5.92 Å². The molecule has 0 radical (unpaired) electrons. The first kappa shape index (κ1) is 15.4. The van der Waals surface area contributed by atoms with Crippen LogP contribution in [0.2, 0.25) is 0 Å². The van der Waals surface area contributed by atoms with Crippen LogP contribution in [0, 0.1) is 5.92 Å². The van der Waals surface area contributed by atoms with Gasteiger partial charge in [0.2, 0.25) is 0 Å². The van der Waals surface area contributed by atoms with Crippen molar-refractivity contribution in [3.8, 4) is 0 Å². The average Bonchev–Trinajstić information content (AvgIpc) is 2.35. The fourth-order valence-electron chi connectivity index (χ4n) is 1.72. The third kappa shape index (κ3) is 4.20. The highest BCUT2D eigenvalue weighted by molar-refractivity contribution is 7.87. The van der Waals surface area contributed by atoms with E-state index in [1.807, 2.05) is 0 Å². The lowest BCUT2D eigenvalue weighted by Crippen LogP contribution is -2.47. The van der Waals surface area contributed by atoms with E-state index in [4.69, 9.17) is 0 Å². The summed E-state index contributed by atoms with van der Waals surface area (Å²) < 4.78 is 31.6. The molecule has 1 unspecified atom stereocenters. The molecule has 0 saturated carbocycles. The number of nitrogens with one attached hydrogen (secondary N) is 1. The number of nitrogens with zero attached hydrogens (tertiary/aromatic N) is 1. The van der Waals surface area contributed by atoms with E-state index in [1.165, 1.54) is 4.31 Å². The summed E-state index contributed by atoms with van der Waals surface area (Å²) in [4.78, 5) is 10.9. The lowest BCUT2D eigenvalue weighted by atomic mass is 10.0. The zero-order valence-corrected chi connectivity index (χ0v) is 11.4. The molecule has 8 heteroatoms. The molecule has 0 bridgehead atoms. The molecule has 1 heterocycles. The Balaban J connectivity index is 2.47. The van der Waals surface area contributed by atoms with E-state index < -0.39 is 22.3 Å². The molecule has 1 atom stereocenters. The zero-order chi connectivity index (χ0) is 13.8. The average molecular weight is 280 g/mol. The predicted octanol–water partition coefficient (Wildman–Crippen LogP) is -0.913. The summed E-state index contributed by atoms with van der Waals surface area (Å²) in [5.41, 5.74) is 0. The molecule has 106 valence electrons. The van der Waals surface area contributed by atoms with Gasteiger partial charge in [-0.05, 0) is 18.8 Å². The van der Waals surface area contributed by atoms with Gasteiger partial charge in [0.05, 0.1) is 7.11 Å².